The van der Waals surface area contributed by atoms with Crippen molar-refractivity contribution in [3.8, 4) is 0 Å². The number of carbonyl (C=O) groups is 1. The van der Waals surface area contributed by atoms with Crippen molar-refractivity contribution in [2.24, 2.45) is 0 Å². The Balaban J connectivity index is 1.92. The Morgan fingerprint density at radius 2 is 1.86 bits per heavy atom. The van der Waals surface area contributed by atoms with Gasteiger partial charge in [-0.15, -0.1) is 0 Å². The number of hydrogen-bond acceptors (Lipinski definition) is 3. The molecule has 114 valence electrons. The Morgan fingerprint density at radius 3 is 2.59 bits per heavy atom. The van der Waals surface area contributed by atoms with Crippen LogP contribution in [0.4, 0.5) is 11.4 Å². The number of anilines is 2. The summed E-state index contributed by atoms with van der Waals surface area (Å²) in [6.07, 6.45) is 0.272. The molecule has 0 fully saturated rings. The second-order valence-corrected chi connectivity index (χ2v) is 7.12. The van der Waals surface area contributed by atoms with E-state index in [4.69, 9.17) is 0 Å². The lowest BCUT2D eigenvalue weighted by atomic mass is 10.1. The highest BCUT2D eigenvalue weighted by Crippen LogP contribution is 2.27. The van der Waals surface area contributed by atoms with E-state index in [0.29, 0.717) is 11.3 Å². The molecule has 1 heterocycles. The highest BCUT2D eigenvalue weighted by molar-refractivity contribution is 7.92. The average Bonchev–Trinajstić information content (AvgIpc) is 2.77. The highest BCUT2D eigenvalue weighted by Gasteiger charge is 2.20. The molecule has 2 aromatic rings. The van der Waals surface area contributed by atoms with Crippen molar-refractivity contribution in [1.29, 1.82) is 0 Å². The van der Waals surface area contributed by atoms with Crippen LogP contribution >= 0.6 is 0 Å². The van der Waals surface area contributed by atoms with Crippen LogP contribution in [0.25, 0.3) is 0 Å². The molecule has 22 heavy (non-hydrogen) atoms. The van der Waals surface area contributed by atoms with Gasteiger partial charge in [-0.1, -0.05) is 17.7 Å². The van der Waals surface area contributed by atoms with Gasteiger partial charge < -0.3 is 5.32 Å². The van der Waals surface area contributed by atoms with E-state index in [1.54, 1.807) is 37.3 Å². The molecule has 1 amide bonds. The van der Waals surface area contributed by atoms with Gasteiger partial charge in [0.25, 0.3) is 10.0 Å². The van der Waals surface area contributed by atoms with Crippen LogP contribution in [0, 0.1) is 13.8 Å². The first-order chi connectivity index (χ1) is 10.3. The molecule has 2 aromatic carbocycles. The van der Waals surface area contributed by atoms with E-state index in [9.17, 15) is 13.2 Å². The van der Waals surface area contributed by atoms with Gasteiger partial charge in [0.1, 0.15) is 0 Å². The van der Waals surface area contributed by atoms with E-state index in [1.807, 2.05) is 13.0 Å². The topological polar surface area (TPSA) is 75.3 Å². The summed E-state index contributed by atoms with van der Waals surface area (Å²) in [5, 5.41) is 2.72. The van der Waals surface area contributed by atoms with Gasteiger partial charge in [-0.3, -0.25) is 9.52 Å². The summed E-state index contributed by atoms with van der Waals surface area (Å²) in [6, 6.07) is 10.2. The average molecular weight is 316 g/mol. The van der Waals surface area contributed by atoms with Gasteiger partial charge in [0, 0.05) is 11.4 Å². The number of carbonyl (C=O) groups excluding carboxylic acids is 1. The van der Waals surface area contributed by atoms with Crippen LogP contribution in [0.3, 0.4) is 0 Å². The number of rotatable bonds is 3. The van der Waals surface area contributed by atoms with E-state index >= 15 is 0 Å². The number of benzene rings is 2. The van der Waals surface area contributed by atoms with Crippen LogP contribution in [0.1, 0.15) is 16.7 Å². The minimum Gasteiger partial charge on any atom is -0.326 e. The molecule has 0 unspecified atom stereocenters. The monoisotopic (exact) mass is 316 g/mol. The second kappa shape index (κ2) is 5.14. The summed E-state index contributed by atoms with van der Waals surface area (Å²) < 4.78 is 27.6. The predicted molar refractivity (Wildman–Crippen MR) is 85.5 cm³/mol. The molecule has 0 aromatic heterocycles. The number of sulfonamides is 1. The van der Waals surface area contributed by atoms with Crippen molar-refractivity contribution < 1.29 is 13.2 Å². The molecule has 0 saturated carbocycles. The molecule has 6 heteroatoms. The van der Waals surface area contributed by atoms with Gasteiger partial charge in [-0.25, -0.2) is 8.42 Å². The van der Waals surface area contributed by atoms with E-state index in [0.717, 1.165) is 16.8 Å². The van der Waals surface area contributed by atoms with Crippen LogP contribution < -0.4 is 10.0 Å². The van der Waals surface area contributed by atoms with Gasteiger partial charge >= 0.3 is 0 Å². The summed E-state index contributed by atoms with van der Waals surface area (Å²) >= 11 is 0. The fraction of sp³-hybridized carbons (Fsp3) is 0.188. The maximum atomic E-state index is 12.5. The van der Waals surface area contributed by atoms with Crippen molar-refractivity contribution in [2.45, 2.75) is 25.2 Å². The van der Waals surface area contributed by atoms with Crippen molar-refractivity contribution in [3.63, 3.8) is 0 Å². The van der Waals surface area contributed by atoms with Gasteiger partial charge in [-0.2, -0.15) is 0 Å². The standard InChI is InChI=1S/C16H16N2O3S/c1-10-3-6-15(11(2)7-10)22(20,21)18-13-4-5-14-12(8-13)9-16(19)17-14/h3-8,18H,9H2,1-2H3,(H,17,19). The molecule has 0 spiro atoms. The lowest BCUT2D eigenvalue weighted by molar-refractivity contribution is -0.115. The molecule has 0 aliphatic carbocycles. The molecule has 2 N–H and O–H groups in total. The van der Waals surface area contributed by atoms with Crippen molar-refractivity contribution >= 4 is 27.3 Å². The van der Waals surface area contributed by atoms with E-state index in [1.165, 1.54) is 0 Å². The van der Waals surface area contributed by atoms with Crippen molar-refractivity contribution in [3.05, 3.63) is 53.1 Å². The zero-order valence-corrected chi connectivity index (χ0v) is 13.1. The van der Waals surface area contributed by atoms with Gasteiger partial charge in [0.2, 0.25) is 5.91 Å². The minimum absolute atomic E-state index is 0.0793. The quantitative estimate of drug-likeness (QED) is 0.914. The van der Waals surface area contributed by atoms with E-state index < -0.39 is 10.0 Å². The molecular formula is C16H16N2O3S. The first-order valence-electron chi connectivity index (χ1n) is 6.88. The molecule has 1 aliphatic heterocycles. The number of hydrogen-bond donors (Lipinski definition) is 2. The Labute approximate surface area is 129 Å². The van der Waals surface area contributed by atoms with Crippen LogP contribution in [-0.4, -0.2) is 14.3 Å². The molecule has 1 aliphatic rings. The number of nitrogens with one attached hydrogen (secondary N) is 2. The van der Waals surface area contributed by atoms with Crippen LogP contribution in [0.2, 0.25) is 0 Å². The lowest BCUT2D eigenvalue weighted by Crippen LogP contribution is -2.14. The van der Waals surface area contributed by atoms with Crippen LogP contribution in [0.15, 0.2) is 41.3 Å². The SMILES string of the molecule is Cc1ccc(S(=O)(=O)Nc2ccc3c(c2)CC(=O)N3)c(C)c1. The van der Waals surface area contributed by atoms with E-state index in [-0.39, 0.29) is 17.2 Å². The van der Waals surface area contributed by atoms with Crippen molar-refractivity contribution in [1.82, 2.24) is 0 Å². The van der Waals surface area contributed by atoms with Gasteiger partial charge in [0.05, 0.1) is 11.3 Å². The zero-order valence-electron chi connectivity index (χ0n) is 12.3. The number of fused-ring (bicyclic) bond motifs is 1. The Morgan fingerprint density at radius 1 is 1.09 bits per heavy atom. The maximum absolute atomic E-state index is 12.5. The maximum Gasteiger partial charge on any atom is 0.262 e. The molecule has 0 saturated heterocycles. The normalized spacial score (nSPS) is 13.6. The third kappa shape index (κ3) is 2.69. The molecule has 5 nitrogen and oxygen atoms in total. The van der Waals surface area contributed by atoms with E-state index in [2.05, 4.69) is 10.0 Å². The fourth-order valence-corrected chi connectivity index (χ4v) is 3.88. The molecule has 0 atom stereocenters. The Bertz CT molecular complexity index is 873. The van der Waals surface area contributed by atoms with Gasteiger partial charge in [0.15, 0.2) is 0 Å². The smallest absolute Gasteiger partial charge is 0.262 e. The van der Waals surface area contributed by atoms with Crippen LogP contribution in [-0.2, 0) is 21.2 Å². The summed E-state index contributed by atoms with van der Waals surface area (Å²) in [7, 11) is -3.65. The summed E-state index contributed by atoms with van der Waals surface area (Å²) in [5.41, 5.74) is 3.70. The summed E-state index contributed by atoms with van der Waals surface area (Å²) in [4.78, 5) is 11.6. The first-order valence-corrected chi connectivity index (χ1v) is 8.36. The molecule has 3 rings (SSSR count). The zero-order chi connectivity index (χ0) is 15.9. The third-order valence-electron chi connectivity index (χ3n) is 3.60. The Kier molecular flexibility index (Phi) is 3.41. The van der Waals surface area contributed by atoms with Crippen LogP contribution in [0.5, 0.6) is 0 Å². The minimum atomic E-state index is -3.65. The molecule has 0 radical (unpaired) electrons. The second-order valence-electron chi connectivity index (χ2n) is 5.47. The van der Waals surface area contributed by atoms with Gasteiger partial charge in [-0.05, 0) is 49.2 Å². The molecule has 0 bridgehead atoms. The van der Waals surface area contributed by atoms with Crippen molar-refractivity contribution in [2.75, 3.05) is 10.0 Å². The summed E-state index contributed by atoms with van der Waals surface area (Å²) in [6.45, 7) is 3.69. The largest absolute Gasteiger partial charge is 0.326 e. The predicted octanol–water partition coefficient (Wildman–Crippen LogP) is 2.60. The lowest BCUT2D eigenvalue weighted by Gasteiger charge is -2.11. The number of amides is 1. The fourth-order valence-electron chi connectivity index (χ4n) is 2.60. The third-order valence-corrected chi connectivity index (χ3v) is 5.14. The molecular weight excluding hydrogens is 300 g/mol. The summed E-state index contributed by atoms with van der Waals surface area (Å²) in [5.74, 6) is -0.0793. The first kappa shape index (κ1) is 14.6. The highest BCUT2D eigenvalue weighted by atomic mass is 32.2. The Hall–Kier alpha value is -2.34. The number of aryl methyl sites for hydroxylation is 2.